The number of rotatable bonds is 6. The van der Waals surface area contributed by atoms with Gasteiger partial charge in [-0.2, -0.15) is 0 Å². The molecular formula is C18H22FN3O2. The molecule has 2 aromatic rings. The minimum absolute atomic E-state index is 0.301. The Morgan fingerprint density at radius 2 is 1.92 bits per heavy atom. The van der Waals surface area contributed by atoms with E-state index in [1.165, 1.54) is 6.07 Å². The van der Waals surface area contributed by atoms with Crippen LogP contribution in [0.25, 0.3) is 0 Å². The highest BCUT2D eigenvalue weighted by Gasteiger charge is 2.21. The molecule has 1 fully saturated rings. The maximum atomic E-state index is 13.6. The van der Waals surface area contributed by atoms with Crippen molar-refractivity contribution in [3.8, 4) is 11.6 Å². The summed E-state index contributed by atoms with van der Waals surface area (Å²) < 4.78 is 24.4. The van der Waals surface area contributed by atoms with Crippen molar-refractivity contribution in [2.24, 2.45) is 5.92 Å². The molecule has 0 atom stereocenters. The Balaban J connectivity index is 1.47. The van der Waals surface area contributed by atoms with Gasteiger partial charge in [-0.15, -0.1) is 0 Å². The summed E-state index contributed by atoms with van der Waals surface area (Å²) in [7, 11) is 1.61. The molecule has 1 aromatic heterocycles. The third kappa shape index (κ3) is 4.20. The molecule has 128 valence electrons. The molecule has 2 heterocycles. The lowest BCUT2D eigenvalue weighted by atomic mass is 9.97. The van der Waals surface area contributed by atoms with Gasteiger partial charge in [-0.1, -0.05) is 12.1 Å². The van der Waals surface area contributed by atoms with Gasteiger partial charge in [0.2, 0.25) is 5.88 Å². The highest BCUT2D eigenvalue weighted by Crippen LogP contribution is 2.23. The van der Waals surface area contributed by atoms with Gasteiger partial charge in [0, 0.05) is 18.9 Å². The van der Waals surface area contributed by atoms with Crippen molar-refractivity contribution >= 4 is 0 Å². The lowest BCUT2D eigenvalue weighted by Gasteiger charge is -2.31. The summed E-state index contributed by atoms with van der Waals surface area (Å²) in [5.41, 5.74) is 0.862. The van der Waals surface area contributed by atoms with E-state index in [2.05, 4.69) is 14.9 Å². The van der Waals surface area contributed by atoms with Crippen LogP contribution in [-0.4, -0.2) is 41.7 Å². The van der Waals surface area contributed by atoms with Crippen LogP contribution >= 0.6 is 0 Å². The molecule has 0 N–H and O–H groups in total. The van der Waals surface area contributed by atoms with Gasteiger partial charge in [0.15, 0.2) is 11.6 Å². The van der Waals surface area contributed by atoms with Gasteiger partial charge in [-0.05, 0) is 44.0 Å². The Labute approximate surface area is 141 Å². The third-order valence-corrected chi connectivity index (χ3v) is 4.32. The van der Waals surface area contributed by atoms with E-state index >= 15 is 0 Å². The zero-order valence-electron chi connectivity index (χ0n) is 13.8. The molecule has 1 aliphatic heterocycles. The maximum absolute atomic E-state index is 13.6. The molecular weight excluding hydrogens is 309 g/mol. The van der Waals surface area contributed by atoms with E-state index in [1.54, 1.807) is 37.7 Å². The molecule has 5 nitrogen and oxygen atoms in total. The Kier molecular flexibility index (Phi) is 5.59. The molecule has 0 amide bonds. The first-order valence-electron chi connectivity index (χ1n) is 8.20. The topological polar surface area (TPSA) is 47.5 Å². The Hall–Kier alpha value is -2.21. The van der Waals surface area contributed by atoms with Crippen LogP contribution < -0.4 is 9.47 Å². The number of nitrogens with zero attached hydrogens (tertiary/aromatic N) is 3. The van der Waals surface area contributed by atoms with Gasteiger partial charge in [0.25, 0.3) is 0 Å². The van der Waals surface area contributed by atoms with Crippen LogP contribution in [0.5, 0.6) is 11.6 Å². The molecule has 3 rings (SSSR count). The van der Waals surface area contributed by atoms with Crippen molar-refractivity contribution in [3.05, 3.63) is 48.2 Å². The SMILES string of the molecule is COc1nccnc1CN1CCC(COc2ccccc2F)CC1. The minimum Gasteiger partial charge on any atom is -0.490 e. The van der Waals surface area contributed by atoms with Crippen molar-refractivity contribution in [1.29, 1.82) is 0 Å². The summed E-state index contributed by atoms with van der Waals surface area (Å²) in [6, 6.07) is 6.55. The number of hydrogen-bond donors (Lipinski definition) is 0. The summed E-state index contributed by atoms with van der Waals surface area (Å²) >= 11 is 0. The maximum Gasteiger partial charge on any atom is 0.236 e. The smallest absolute Gasteiger partial charge is 0.236 e. The van der Waals surface area contributed by atoms with Crippen LogP contribution in [0.4, 0.5) is 4.39 Å². The molecule has 0 radical (unpaired) electrons. The van der Waals surface area contributed by atoms with Gasteiger partial charge in [0.1, 0.15) is 5.69 Å². The predicted octanol–water partition coefficient (Wildman–Crippen LogP) is 2.92. The average Bonchev–Trinajstić information content (AvgIpc) is 2.63. The first-order chi connectivity index (χ1) is 11.8. The van der Waals surface area contributed by atoms with E-state index in [9.17, 15) is 4.39 Å². The molecule has 24 heavy (non-hydrogen) atoms. The first-order valence-corrected chi connectivity index (χ1v) is 8.20. The Morgan fingerprint density at radius 3 is 2.67 bits per heavy atom. The minimum atomic E-state index is -0.301. The first kappa shape index (κ1) is 16.6. The van der Waals surface area contributed by atoms with Crippen molar-refractivity contribution in [2.75, 3.05) is 26.8 Å². The van der Waals surface area contributed by atoms with E-state index in [4.69, 9.17) is 9.47 Å². The van der Waals surface area contributed by atoms with Gasteiger partial charge < -0.3 is 9.47 Å². The van der Waals surface area contributed by atoms with E-state index in [0.717, 1.165) is 38.2 Å². The fraction of sp³-hybridized carbons (Fsp3) is 0.444. The number of piperidine rings is 1. The number of aromatic nitrogens is 2. The monoisotopic (exact) mass is 331 g/mol. The summed E-state index contributed by atoms with van der Waals surface area (Å²) in [6.07, 6.45) is 5.37. The van der Waals surface area contributed by atoms with Crippen LogP contribution in [-0.2, 0) is 6.54 Å². The predicted molar refractivity (Wildman–Crippen MR) is 88.5 cm³/mol. The standard InChI is InChI=1S/C18H22FN3O2/c1-23-18-16(20-8-9-21-18)12-22-10-6-14(7-11-22)13-24-17-5-3-2-4-15(17)19/h2-5,8-9,14H,6-7,10-13H2,1H3. The second kappa shape index (κ2) is 8.06. The fourth-order valence-electron chi connectivity index (χ4n) is 2.93. The van der Waals surface area contributed by atoms with Crippen molar-refractivity contribution in [2.45, 2.75) is 19.4 Å². The van der Waals surface area contributed by atoms with E-state index in [0.29, 0.717) is 24.2 Å². The van der Waals surface area contributed by atoms with Crippen LogP contribution in [0.15, 0.2) is 36.7 Å². The van der Waals surface area contributed by atoms with Crippen molar-refractivity contribution in [1.82, 2.24) is 14.9 Å². The van der Waals surface area contributed by atoms with Gasteiger partial charge >= 0.3 is 0 Å². The van der Waals surface area contributed by atoms with Crippen LogP contribution in [0.1, 0.15) is 18.5 Å². The third-order valence-electron chi connectivity index (χ3n) is 4.32. The molecule has 1 saturated heterocycles. The number of likely N-dealkylation sites (tertiary alicyclic amines) is 1. The number of methoxy groups -OCH3 is 1. The van der Waals surface area contributed by atoms with Gasteiger partial charge in [-0.3, -0.25) is 9.88 Å². The normalized spacial score (nSPS) is 16.1. The summed E-state index contributed by atoms with van der Waals surface area (Å²) in [6.45, 7) is 3.22. The second-order valence-corrected chi connectivity index (χ2v) is 5.97. The molecule has 0 bridgehead atoms. The Morgan fingerprint density at radius 1 is 1.17 bits per heavy atom. The lowest BCUT2D eigenvalue weighted by Crippen LogP contribution is -2.35. The van der Waals surface area contributed by atoms with Crippen molar-refractivity contribution in [3.63, 3.8) is 0 Å². The quantitative estimate of drug-likeness (QED) is 0.814. The van der Waals surface area contributed by atoms with Crippen molar-refractivity contribution < 1.29 is 13.9 Å². The van der Waals surface area contributed by atoms with Crippen LogP contribution in [0.3, 0.4) is 0 Å². The fourth-order valence-corrected chi connectivity index (χ4v) is 2.93. The number of halogens is 1. The lowest BCUT2D eigenvalue weighted by molar-refractivity contribution is 0.132. The van der Waals surface area contributed by atoms with E-state index < -0.39 is 0 Å². The summed E-state index contributed by atoms with van der Waals surface area (Å²) in [5.74, 6) is 1.07. The zero-order valence-corrected chi connectivity index (χ0v) is 13.8. The molecule has 0 spiro atoms. The molecule has 6 heteroatoms. The van der Waals surface area contributed by atoms with Gasteiger partial charge in [0.05, 0.1) is 13.7 Å². The number of ether oxygens (including phenoxy) is 2. The molecule has 0 aliphatic carbocycles. The molecule has 0 saturated carbocycles. The molecule has 1 aliphatic rings. The van der Waals surface area contributed by atoms with E-state index in [-0.39, 0.29) is 5.82 Å². The van der Waals surface area contributed by atoms with Crippen LogP contribution in [0.2, 0.25) is 0 Å². The summed E-state index contributed by atoms with van der Waals surface area (Å²) in [4.78, 5) is 10.9. The van der Waals surface area contributed by atoms with Crippen LogP contribution in [0, 0.1) is 11.7 Å². The second-order valence-electron chi connectivity index (χ2n) is 5.97. The number of para-hydroxylation sites is 1. The van der Waals surface area contributed by atoms with E-state index in [1.807, 2.05) is 0 Å². The highest BCUT2D eigenvalue weighted by molar-refractivity contribution is 5.23. The van der Waals surface area contributed by atoms with Gasteiger partial charge in [-0.25, -0.2) is 9.37 Å². The molecule has 1 aromatic carbocycles. The molecule has 0 unspecified atom stereocenters. The summed E-state index contributed by atoms with van der Waals surface area (Å²) in [5, 5.41) is 0. The average molecular weight is 331 g/mol. The Bertz CT molecular complexity index is 660. The highest BCUT2D eigenvalue weighted by atomic mass is 19.1. The largest absolute Gasteiger partial charge is 0.490 e. The number of hydrogen-bond acceptors (Lipinski definition) is 5. The zero-order chi connectivity index (χ0) is 16.8. The number of benzene rings is 1.